The van der Waals surface area contributed by atoms with Crippen LogP contribution < -0.4 is 9.64 Å². The molecule has 1 aliphatic heterocycles. The molecule has 0 amide bonds. The zero-order chi connectivity index (χ0) is 22.6. The molecule has 1 aromatic heterocycles. The van der Waals surface area contributed by atoms with E-state index in [1.807, 2.05) is 30.3 Å². The Morgan fingerprint density at radius 2 is 1.66 bits per heavy atom. The quantitative estimate of drug-likeness (QED) is 0.482. The van der Waals surface area contributed by atoms with Gasteiger partial charge in [-0.25, -0.2) is 0 Å². The number of rotatable bonds is 7. The Bertz CT molecular complexity index is 993. The van der Waals surface area contributed by atoms with Crippen LogP contribution in [0.25, 0.3) is 11.3 Å². The molecule has 0 radical (unpaired) electrons. The Balaban J connectivity index is 1.30. The van der Waals surface area contributed by atoms with E-state index in [1.165, 1.54) is 0 Å². The van der Waals surface area contributed by atoms with Crippen LogP contribution in [0.2, 0.25) is 0 Å². The lowest BCUT2D eigenvalue weighted by atomic mass is 10.1. The highest BCUT2D eigenvalue weighted by molar-refractivity contribution is 5.62. The van der Waals surface area contributed by atoms with Crippen LogP contribution in [0.1, 0.15) is 24.5 Å². The van der Waals surface area contributed by atoms with Crippen molar-refractivity contribution in [1.82, 2.24) is 10.1 Å². The van der Waals surface area contributed by atoms with Crippen molar-refractivity contribution in [2.75, 3.05) is 37.7 Å². The summed E-state index contributed by atoms with van der Waals surface area (Å²) in [5.74, 6) is 2.33. The Morgan fingerprint density at radius 3 is 2.28 bits per heavy atom. The van der Waals surface area contributed by atoms with E-state index in [0.717, 1.165) is 67.4 Å². The summed E-state index contributed by atoms with van der Waals surface area (Å²) in [6, 6.07) is 15.1. The van der Waals surface area contributed by atoms with Crippen molar-refractivity contribution in [3.05, 3.63) is 65.7 Å². The van der Waals surface area contributed by atoms with Gasteiger partial charge in [0.05, 0.1) is 12.2 Å². The average molecular weight is 445 g/mol. The van der Waals surface area contributed by atoms with Crippen molar-refractivity contribution < 1.29 is 22.4 Å². The summed E-state index contributed by atoms with van der Waals surface area (Å²) in [5.41, 5.74) is 1.20. The number of piperazine rings is 1. The summed E-state index contributed by atoms with van der Waals surface area (Å²) in [6.07, 6.45) is -3.34. The molecule has 0 saturated carbocycles. The average Bonchev–Trinajstić information content (AvgIpc) is 3.29. The number of benzene rings is 2. The molecule has 1 fully saturated rings. The van der Waals surface area contributed by atoms with Gasteiger partial charge in [-0.1, -0.05) is 24.2 Å². The zero-order valence-corrected chi connectivity index (χ0v) is 17.9. The molecule has 0 bridgehead atoms. The van der Waals surface area contributed by atoms with Gasteiger partial charge in [-0.2, -0.15) is 13.2 Å². The van der Waals surface area contributed by atoms with Crippen LogP contribution in [0.3, 0.4) is 0 Å². The second kappa shape index (κ2) is 9.65. The van der Waals surface area contributed by atoms with E-state index in [4.69, 9.17) is 9.26 Å². The van der Waals surface area contributed by atoms with Crippen LogP contribution in [-0.2, 0) is 12.7 Å². The SMILES string of the molecule is CCCOc1ccc(-c2cc(N3CCN(Cc4ccc(C(F)(F)F)cc4)CC3)no2)cc1. The van der Waals surface area contributed by atoms with Gasteiger partial charge in [0.2, 0.25) is 0 Å². The van der Waals surface area contributed by atoms with Gasteiger partial charge in [-0.3, -0.25) is 4.90 Å². The summed E-state index contributed by atoms with van der Waals surface area (Å²) >= 11 is 0. The standard InChI is InChI=1S/C24H26F3N3O2/c1-2-15-31-21-9-5-19(6-10-21)22-16-23(28-32-22)30-13-11-29(12-14-30)17-18-3-7-20(8-4-18)24(25,26)27/h3-10,16H,2,11-15,17H2,1H3. The number of halogens is 3. The highest BCUT2D eigenvalue weighted by Gasteiger charge is 2.30. The molecule has 0 aliphatic carbocycles. The largest absolute Gasteiger partial charge is 0.494 e. The second-order valence-corrected chi connectivity index (χ2v) is 7.88. The number of hydrogen-bond acceptors (Lipinski definition) is 5. The smallest absolute Gasteiger partial charge is 0.416 e. The van der Waals surface area contributed by atoms with Gasteiger partial charge >= 0.3 is 6.18 Å². The van der Waals surface area contributed by atoms with E-state index in [-0.39, 0.29) is 0 Å². The Labute approximate surface area is 185 Å². The lowest BCUT2D eigenvalue weighted by molar-refractivity contribution is -0.137. The van der Waals surface area contributed by atoms with Crippen LogP contribution in [0.15, 0.2) is 59.1 Å². The highest BCUT2D eigenvalue weighted by atomic mass is 19.4. The van der Waals surface area contributed by atoms with Crippen molar-refractivity contribution in [2.45, 2.75) is 26.1 Å². The molecule has 8 heteroatoms. The molecular weight excluding hydrogens is 419 g/mol. The van der Waals surface area contributed by atoms with Crippen molar-refractivity contribution in [3.8, 4) is 17.1 Å². The molecular formula is C24H26F3N3O2. The van der Waals surface area contributed by atoms with Crippen molar-refractivity contribution in [1.29, 1.82) is 0 Å². The number of anilines is 1. The maximum atomic E-state index is 12.7. The molecule has 3 aromatic rings. The van der Waals surface area contributed by atoms with Crippen LogP contribution in [0.4, 0.5) is 19.0 Å². The molecule has 0 spiro atoms. The summed E-state index contributed by atoms with van der Waals surface area (Å²) in [5, 5.41) is 4.22. The summed E-state index contributed by atoms with van der Waals surface area (Å²) in [7, 11) is 0. The van der Waals surface area contributed by atoms with Gasteiger partial charge in [0.15, 0.2) is 11.6 Å². The first-order valence-electron chi connectivity index (χ1n) is 10.8. The van der Waals surface area contributed by atoms with Gasteiger partial charge in [-0.05, 0) is 48.4 Å². The van der Waals surface area contributed by atoms with Gasteiger partial charge in [-0.15, -0.1) is 0 Å². The first-order valence-corrected chi connectivity index (χ1v) is 10.8. The van der Waals surface area contributed by atoms with Gasteiger partial charge in [0.25, 0.3) is 0 Å². The summed E-state index contributed by atoms with van der Waals surface area (Å²) in [6.45, 7) is 6.53. The third kappa shape index (κ3) is 5.43. The fourth-order valence-electron chi connectivity index (χ4n) is 3.68. The maximum absolute atomic E-state index is 12.7. The number of aromatic nitrogens is 1. The fourth-order valence-corrected chi connectivity index (χ4v) is 3.68. The molecule has 2 aromatic carbocycles. The predicted octanol–water partition coefficient (Wildman–Crippen LogP) is 5.47. The predicted molar refractivity (Wildman–Crippen MR) is 117 cm³/mol. The summed E-state index contributed by atoms with van der Waals surface area (Å²) < 4.78 is 49.3. The molecule has 0 N–H and O–H groups in total. The molecule has 32 heavy (non-hydrogen) atoms. The number of ether oxygens (including phenoxy) is 1. The van der Waals surface area contributed by atoms with Crippen molar-refractivity contribution in [3.63, 3.8) is 0 Å². The van der Waals surface area contributed by atoms with Gasteiger partial charge in [0, 0.05) is 44.4 Å². The minimum absolute atomic E-state index is 0.615. The first-order chi connectivity index (χ1) is 15.4. The van der Waals surface area contributed by atoms with E-state index in [0.29, 0.717) is 18.9 Å². The topological polar surface area (TPSA) is 41.7 Å². The van der Waals surface area contributed by atoms with Crippen molar-refractivity contribution >= 4 is 5.82 Å². The molecule has 0 unspecified atom stereocenters. The Hall–Kier alpha value is -3.00. The normalized spacial score (nSPS) is 15.2. The molecule has 1 aliphatic rings. The molecule has 4 rings (SSSR count). The maximum Gasteiger partial charge on any atom is 0.416 e. The molecule has 170 valence electrons. The van der Waals surface area contributed by atoms with Crippen molar-refractivity contribution in [2.24, 2.45) is 0 Å². The molecule has 0 atom stereocenters. The number of nitrogens with zero attached hydrogens (tertiary/aromatic N) is 3. The second-order valence-electron chi connectivity index (χ2n) is 7.88. The van der Waals surface area contributed by atoms with Crippen LogP contribution in [-0.4, -0.2) is 42.8 Å². The Morgan fingerprint density at radius 1 is 0.969 bits per heavy atom. The van der Waals surface area contributed by atoms with Crippen LogP contribution >= 0.6 is 0 Å². The van der Waals surface area contributed by atoms with Gasteiger partial charge in [0.1, 0.15) is 5.75 Å². The number of hydrogen-bond donors (Lipinski definition) is 0. The Kier molecular flexibility index (Phi) is 6.69. The highest BCUT2D eigenvalue weighted by Crippen LogP contribution is 2.30. The summed E-state index contributed by atoms with van der Waals surface area (Å²) in [4.78, 5) is 4.39. The minimum atomic E-state index is -4.30. The third-order valence-electron chi connectivity index (χ3n) is 5.49. The monoisotopic (exact) mass is 445 g/mol. The van der Waals surface area contributed by atoms with Gasteiger partial charge < -0.3 is 14.2 Å². The minimum Gasteiger partial charge on any atom is -0.494 e. The third-order valence-corrected chi connectivity index (χ3v) is 5.49. The molecule has 1 saturated heterocycles. The van der Waals surface area contributed by atoms with Crippen LogP contribution in [0.5, 0.6) is 5.75 Å². The molecule has 5 nitrogen and oxygen atoms in total. The van der Waals surface area contributed by atoms with E-state index >= 15 is 0 Å². The van der Waals surface area contributed by atoms with E-state index < -0.39 is 11.7 Å². The van der Waals surface area contributed by atoms with E-state index in [9.17, 15) is 13.2 Å². The fraction of sp³-hybridized carbons (Fsp3) is 0.375. The van der Waals surface area contributed by atoms with E-state index in [1.54, 1.807) is 12.1 Å². The lowest BCUT2D eigenvalue weighted by Crippen LogP contribution is -2.46. The molecule has 2 heterocycles. The zero-order valence-electron chi connectivity index (χ0n) is 17.9. The van der Waals surface area contributed by atoms with E-state index in [2.05, 4.69) is 21.9 Å². The number of alkyl halides is 3. The van der Waals surface area contributed by atoms with Crippen LogP contribution in [0, 0.1) is 0 Å². The first kappa shape index (κ1) is 22.2. The lowest BCUT2D eigenvalue weighted by Gasteiger charge is -2.34.